The minimum Gasteiger partial charge on any atom is -0.508 e. The monoisotopic (exact) mass is 329 g/mol. The molecule has 0 saturated carbocycles. The topological polar surface area (TPSA) is 107 Å². The van der Waals surface area contributed by atoms with Gasteiger partial charge in [0.15, 0.2) is 0 Å². The predicted octanol–water partition coefficient (Wildman–Crippen LogP) is 0.473. The maximum Gasteiger partial charge on any atom is 0.309 e. The second-order valence-electron chi connectivity index (χ2n) is 5.34. The molecule has 24 heavy (non-hydrogen) atoms. The Morgan fingerprint density at radius 2 is 1.58 bits per heavy atom. The van der Waals surface area contributed by atoms with Crippen molar-refractivity contribution in [3.63, 3.8) is 0 Å². The van der Waals surface area contributed by atoms with Crippen LogP contribution in [-0.2, 0) is 0 Å². The molecule has 2 rings (SSSR count). The molecule has 126 valence electrons. The van der Waals surface area contributed by atoms with Crippen molar-refractivity contribution in [2.24, 2.45) is 5.10 Å². The normalized spacial score (nSPS) is 10.7. The van der Waals surface area contributed by atoms with E-state index in [-0.39, 0.29) is 11.6 Å². The molecule has 1 aromatic heterocycles. The molecule has 0 saturated heterocycles. The summed E-state index contributed by atoms with van der Waals surface area (Å²) in [5.41, 5.74) is 3.10. The van der Waals surface area contributed by atoms with E-state index in [1.807, 2.05) is 0 Å². The van der Waals surface area contributed by atoms with Crippen molar-refractivity contribution in [2.45, 2.75) is 0 Å². The molecule has 2 aromatic rings. The van der Waals surface area contributed by atoms with Crippen LogP contribution < -0.4 is 15.2 Å². The number of aromatic nitrogens is 3. The molecule has 2 N–H and O–H groups in total. The van der Waals surface area contributed by atoms with Crippen molar-refractivity contribution in [3.05, 3.63) is 35.7 Å². The number of phenolic OH excluding ortho intramolecular Hbond substituents is 1. The summed E-state index contributed by atoms with van der Waals surface area (Å²) in [6, 6.07) is 6.40. The van der Waals surface area contributed by atoms with Crippen LogP contribution in [0, 0.1) is 0 Å². The first kappa shape index (κ1) is 17.1. The molecule has 0 aliphatic heterocycles. The van der Waals surface area contributed by atoms with Crippen molar-refractivity contribution >= 4 is 24.0 Å². The molecule has 1 aromatic carbocycles. The first-order valence-corrected chi connectivity index (χ1v) is 7.10. The summed E-state index contributed by atoms with van der Waals surface area (Å²) in [5.74, 6) is 0.343. The van der Waals surface area contributed by atoms with Gasteiger partial charge in [0.05, 0.1) is 6.21 Å². The Labute approximate surface area is 139 Å². The van der Waals surface area contributed by atoms with E-state index < -0.39 is 5.91 Å². The molecule has 0 atom stereocenters. The lowest BCUT2D eigenvalue weighted by molar-refractivity contribution is 0.0944. The summed E-state index contributed by atoms with van der Waals surface area (Å²) in [4.78, 5) is 28.0. The molecule has 0 bridgehead atoms. The predicted molar refractivity (Wildman–Crippen MR) is 91.6 cm³/mol. The van der Waals surface area contributed by atoms with Gasteiger partial charge in [-0.3, -0.25) is 4.79 Å². The lowest BCUT2D eigenvalue weighted by Gasteiger charge is -2.15. The highest BCUT2D eigenvalue weighted by Gasteiger charge is 2.15. The first-order chi connectivity index (χ1) is 11.4. The molecule has 0 unspecified atom stereocenters. The van der Waals surface area contributed by atoms with E-state index in [4.69, 9.17) is 0 Å². The SMILES string of the molecule is CN(C)c1nc(C(=O)NN=Cc2ccc(O)cc2)nc(N(C)C)n1. The number of hydrogen-bond acceptors (Lipinski definition) is 8. The zero-order valence-electron chi connectivity index (χ0n) is 13.9. The molecule has 0 aliphatic rings. The van der Waals surface area contributed by atoms with Crippen molar-refractivity contribution in [1.82, 2.24) is 20.4 Å². The fourth-order valence-corrected chi connectivity index (χ4v) is 1.63. The van der Waals surface area contributed by atoms with Gasteiger partial charge in [0.25, 0.3) is 0 Å². The summed E-state index contributed by atoms with van der Waals surface area (Å²) in [6.45, 7) is 0. The van der Waals surface area contributed by atoms with Crippen LogP contribution in [0.5, 0.6) is 5.75 Å². The molecule has 9 nitrogen and oxygen atoms in total. The number of amides is 1. The van der Waals surface area contributed by atoms with Crippen LogP contribution in [0.3, 0.4) is 0 Å². The summed E-state index contributed by atoms with van der Waals surface area (Å²) in [6.07, 6.45) is 1.46. The third kappa shape index (κ3) is 4.38. The van der Waals surface area contributed by atoms with Gasteiger partial charge in [0, 0.05) is 28.2 Å². The zero-order valence-corrected chi connectivity index (χ0v) is 13.9. The van der Waals surface area contributed by atoms with Gasteiger partial charge in [-0.25, -0.2) is 5.43 Å². The number of hydrogen-bond donors (Lipinski definition) is 2. The van der Waals surface area contributed by atoms with E-state index >= 15 is 0 Å². The molecule has 0 spiro atoms. The van der Waals surface area contributed by atoms with E-state index in [0.29, 0.717) is 11.9 Å². The molecule has 0 fully saturated rings. The minimum atomic E-state index is -0.543. The highest BCUT2D eigenvalue weighted by atomic mass is 16.3. The van der Waals surface area contributed by atoms with Gasteiger partial charge in [-0.15, -0.1) is 0 Å². The Kier molecular flexibility index (Phi) is 5.25. The van der Waals surface area contributed by atoms with Crippen molar-refractivity contribution in [3.8, 4) is 5.75 Å². The number of aromatic hydroxyl groups is 1. The lowest BCUT2D eigenvalue weighted by atomic mass is 10.2. The maximum atomic E-state index is 12.2. The molecule has 0 aliphatic carbocycles. The van der Waals surface area contributed by atoms with E-state index in [9.17, 15) is 9.90 Å². The fraction of sp³-hybridized carbons (Fsp3) is 0.267. The van der Waals surface area contributed by atoms with Gasteiger partial charge < -0.3 is 14.9 Å². The number of nitrogens with one attached hydrogen (secondary N) is 1. The number of hydrazone groups is 1. The van der Waals surface area contributed by atoms with Gasteiger partial charge in [-0.2, -0.15) is 20.1 Å². The third-order valence-electron chi connectivity index (χ3n) is 2.89. The molecule has 1 heterocycles. The highest BCUT2D eigenvalue weighted by molar-refractivity contribution is 5.92. The van der Waals surface area contributed by atoms with Crippen LogP contribution >= 0.6 is 0 Å². The van der Waals surface area contributed by atoms with Crippen LogP contribution in [0.1, 0.15) is 16.2 Å². The van der Waals surface area contributed by atoms with Gasteiger partial charge in [0.1, 0.15) is 5.75 Å². The van der Waals surface area contributed by atoms with Crippen LogP contribution in [-0.4, -0.2) is 60.4 Å². The molecule has 0 radical (unpaired) electrons. The molecular weight excluding hydrogens is 310 g/mol. The van der Waals surface area contributed by atoms with Crippen LogP contribution in [0.2, 0.25) is 0 Å². The molecular formula is C15H19N7O2. The van der Waals surface area contributed by atoms with E-state index in [1.54, 1.807) is 50.1 Å². The summed E-state index contributed by atoms with van der Waals surface area (Å²) in [7, 11) is 7.11. The van der Waals surface area contributed by atoms with Crippen LogP contribution in [0.15, 0.2) is 29.4 Å². The fourth-order valence-electron chi connectivity index (χ4n) is 1.63. The summed E-state index contributed by atoms with van der Waals surface area (Å²) < 4.78 is 0. The van der Waals surface area contributed by atoms with Crippen molar-refractivity contribution in [1.29, 1.82) is 0 Å². The molecule has 9 heteroatoms. The third-order valence-corrected chi connectivity index (χ3v) is 2.89. The smallest absolute Gasteiger partial charge is 0.309 e. The van der Waals surface area contributed by atoms with Gasteiger partial charge in [-0.1, -0.05) is 0 Å². The number of rotatable bonds is 5. The zero-order chi connectivity index (χ0) is 17.7. The van der Waals surface area contributed by atoms with Crippen molar-refractivity contribution in [2.75, 3.05) is 38.0 Å². The van der Waals surface area contributed by atoms with E-state index in [2.05, 4.69) is 25.5 Å². The quantitative estimate of drug-likeness (QED) is 0.606. The lowest BCUT2D eigenvalue weighted by Crippen LogP contribution is -2.25. The first-order valence-electron chi connectivity index (χ1n) is 7.10. The number of phenols is 1. The van der Waals surface area contributed by atoms with Crippen molar-refractivity contribution < 1.29 is 9.90 Å². The number of nitrogens with zero attached hydrogens (tertiary/aromatic N) is 6. The largest absolute Gasteiger partial charge is 0.508 e. The Balaban J connectivity index is 2.15. The van der Waals surface area contributed by atoms with E-state index in [1.165, 1.54) is 18.3 Å². The Morgan fingerprint density at radius 3 is 2.08 bits per heavy atom. The summed E-state index contributed by atoms with van der Waals surface area (Å²) in [5, 5.41) is 13.1. The number of benzene rings is 1. The van der Waals surface area contributed by atoms with Crippen LogP contribution in [0.25, 0.3) is 0 Å². The highest BCUT2D eigenvalue weighted by Crippen LogP contribution is 2.10. The second kappa shape index (κ2) is 7.36. The standard InChI is InChI=1S/C15H19N7O2/c1-21(2)14-17-12(18-15(19-14)22(3)4)13(24)20-16-9-10-5-7-11(23)8-6-10/h5-9,23H,1-4H3,(H,20,24). The Hall–Kier alpha value is -3.23. The minimum absolute atomic E-state index is 0.0275. The average molecular weight is 329 g/mol. The van der Waals surface area contributed by atoms with Gasteiger partial charge >= 0.3 is 5.91 Å². The van der Waals surface area contributed by atoms with E-state index in [0.717, 1.165) is 5.56 Å². The summed E-state index contributed by atoms with van der Waals surface area (Å²) >= 11 is 0. The molecule has 1 amide bonds. The number of carbonyl (C=O) groups is 1. The Morgan fingerprint density at radius 1 is 1.04 bits per heavy atom. The van der Waals surface area contributed by atoms with Gasteiger partial charge in [0.2, 0.25) is 17.7 Å². The second-order valence-corrected chi connectivity index (χ2v) is 5.34. The van der Waals surface area contributed by atoms with Crippen LogP contribution in [0.4, 0.5) is 11.9 Å². The number of carbonyl (C=O) groups excluding carboxylic acids is 1. The maximum absolute atomic E-state index is 12.2. The van der Waals surface area contributed by atoms with Gasteiger partial charge in [-0.05, 0) is 29.8 Å². The average Bonchev–Trinajstić information content (AvgIpc) is 2.56. The number of anilines is 2. The Bertz CT molecular complexity index is 716.